The van der Waals surface area contributed by atoms with Crippen LogP contribution in [0.15, 0.2) is 46.7 Å². The zero-order valence-electron chi connectivity index (χ0n) is 12.5. The van der Waals surface area contributed by atoms with E-state index in [1.165, 1.54) is 33.8 Å². The number of sulfonamides is 1. The van der Waals surface area contributed by atoms with Crippen LogP contribution in [0.4, 0.5) is 4.39 Å². The smallest absolute Gasteiger partial charge is 0.243 e. The van der Waals surface area contributed by atoms with Gasteiger partial charge in [-0.1, -0.05) is 12.1 Å². The van der Waals surface area contributed by atoms with Gasteiger partial charge in [-0.15, -0.1) is 11.3 Å². The Labute approximate surface area is 139 Å². The highest BCUT2D eigenvalue weighted by Crippen LogP contribution is 2.24. The maximum atomic E-state index is 13.4. The third-order valence-electron chi connectivity index (χ3n) is 3.78. The lowest BCUT2D eigenvalue weighted by molar-refractivity contribution is 0.0927. The first-order valence-corrected chi connectivity index (χ1v) is 9.77. The predicted octanol–water partition coefficient (Wildman–Crippen LogP) is 3.26. The summed E-state index contributed by atoms with van der Waals surface area (Å²) >= 11 is 1.50. The van der Waals surface area contributed by atoms with Gasteiger partial charge in [-0.2, -0.15) is 4.31 Å². The summed E-state index contributed by atoms with van der Waals surface area (Å²) in [5.74, 6) is -0.556. The van der Waals surface area contributed by atoms with Gasteiger partial charge in [0.15, 0.2) is 0 Å². The first-order chi connectivity index (χ1) is 11.1. The maximum Gasteiger partial charge on any atom is 0.243 e. The molecule has 1 aliphatic heterocycles. The Morgan fingerprint density at radius 1 is 1.30 bits per heavy atom. The molecule has 1 saturated heterocycles. The minimum absolute atomic E-state index is 0.0212. The molecule has 124 valence electrons. The van der Waals surface area contributed by atoms with E-state index in [0.717, 1.165) is 23.8 Å². The Balaban J connectivity index is 1.88. The molecule has 2 heterocycles. The molecule has 0 amide bonds. The molecule has 3 rings (SSSR count). The molecule has 7 heteroatoms. The van der Waals surface area contributed by atoms with Crippen LogP contribution in [0, 0.1) is 5.82 Å². The largest absolute Gasteiger partial charge is 0.377 e. The van der Waals surface area contributed by atoms with Crippen molar-refractivity contribution in [3.8, 4) is 0 Å². The van der Waals surface area contributed by atoms with E-state index < -0.39 is 15.8 Å². The van der Waals surface area contributed by atoms with Crippen molar-refractivity contribution in [3.05, 3.63) is 52.5 Å². The number of rotatable bonds is 6. The van der Waals surface area contributed by atoms with Crippen LogP contribution in [0.3, 0.4) is 0 Å². The molecule has 1 aliphatic rings. The van der Waals surface area contributed by atoms with E-state index in [4.69, 9.17) is 4.74 Å². The van der Waals surface area contributed by atoms with Gasteiger partial charge in [0.25, 0.3) is 0 Å². The van der Waals surface area contributed by atoms with Crippen LogP contribution in [0.2, 0.25) is 0 Å². The predicted molar refractivity (Wildman–Crippen MR) is 87.3 cm³/mol. The van der Waals surface area contributed by atoms with Gasteiger partial charge in [-0.3, -0.25) is 0 Å². The summed E-state index contributed by atoms with van der Waals surface area (Å²) in [6, 6.07) is 8.93. The molecular formula is C16H18FNO3S2. The van der Waals surface area contributed by atoms with E-state index in [0.29, 0.717) is 6.61 Å². The number of hydrogen-bond donors (Lipinski definition) is 0. The van der Waals surface area contributed by atoms with E-state index in [9.17, 15) is 12.8 Å². The van der Waals surface area contributed by atoms with Crippen molar-refractivity contribution in [2.75, 3.05) is 13.2 Å². The Bertz CT molecular complexity index is 740. The Hall–Kier alpha value is -1.28. The van der Waals surface area contributed by atoms with Crippen molar-refractivity contribution >= 4 is 21.4 Å². The van der Waals surface area contributed by atoms with Crippen LogP contribution in [0.1, 0.15) is 17.7 Å². The average Bonchev–Trinajstić information content (AvgIpc) is 3.20. The summed E-state index contributed by atoms with van der Waals surface area (Å²) in [5.41, 5.74) is 0. The van der Waals surface area contributed by atoms with Crippen molar-refractivity contribution in [2.45, 2.75) is 30.4 Å². The second-order valence-corrected chi connectivity index (χ2v) is 8.44. The maximum absolute atomic E-state index is 13.4. The summed E-state index contributed by atoms with van der Waals surface area (Å²) < 4.78 is 46.2. The monoisotopic (exact) mass is 355 g/mol. The molecule has 0 saturated carbocycles. The van der Waals surface area contributed by atoms with Crippen LogP contribution in [-0.4, -0.2) is 32.0 Å². The fourth-order valence-corrected chi connectivity index (χ4v) is 4.90. The van der Waals surface area contributed by atoms with E-state index >= 15 is 0 Å². The summed E-state index contributed by atoms with van der Waals surface area (Å²) in [5, 5.41) is 1.91. The molecule has 0 N–H and O–H groups in total. The Morgan fingerprint density at radius 3 is 2.83 bits per heavy atom. The molecular weight excluding hydrogens is 337 g/mol. The van der Waals surface area contributed by atoms with Gasteiger partial charge in [0.1, 0.15) is 5.82 Å². The molecule has 1 aromatic carbocycles. The standard InChI is InChI=1S/C16H18FNO3S2/c17-13-4-1-7-16(10-13)23(19,20)18(11-14-5-2-8-21-14)12-15-6-3-9-22-15/h1,3-4,6-7,9-10,14H,2,5,8,11-12H2. The lowest BCUT2D eigenvalue weighted by Gasteiger charge is -2.24. The Morgan fingerprint density at radius 2 is 2.17 bits per heavy atom. The summed E-state index contributed by atoms with van der Waals surface area (Å²) in [4.78, 5) is 0.926. The summed E-state index contributed by atoms with van der Waals surface area (Å²) in [6.07, 6.45) is 1.69. The fourth-order valence-electron chi connectivity index (χ4n) is 2.62. The van der Waals surface area contributed by atoms with Crippen molar-refractivity contribution in [1.29, 1.82) is 0 Å². The van der Waals surface area contributed by atoms with E-state index in [1.54, 1.807) is 0 Å². The second kappa shape index (κ2) is 7.09. The normalized spacial score (nSPS) is 18.6. The van der Waals surface area contributed by atoms with Crippen molar-refractivity contribution in [3.63, 3.8) is 0 Å². The highest BCUT2D eigenvalue weighted by molar-refractivity contribution is 7.89. The van der Waals surface area contributed by atoms with Crippen LogP contribution >= 0.6 is 11.3 Å². The third-order valence-corrected chi connectivity index (χ3v) is 6.45. The zero-order chi connectivity index (χ0) is 16.3. The van der Waals surface area contributed by atoms with Crippen molar-refractivity contribution in [2.24, 2.45) is 0 Å². The molecule has 1 aromatic heterocycles. The van der Waals surface area contributed by atoms with Crippen molar-refractivity contribution in [1.82, 2.24) is 4.31 Å². The third kappa shape index (κ3) is 3.98. The molecule has 2 aromatic rings. The first-order valence-electron chi connectivity index (χ1n) is 7.45. The zero-order valence-corrected chi connectivity index (χ0v) is 14.2. The lowest BCUT2D eigenvalue weighted by Crippen LogP contribution is -2.36. The van der Waals surface area contributed by atoms with Gasteiger partial charge in [0.2, 0.25) is 10.0 Å². The van der Waals surface area contributed by atoms with E-state index in [1.807, 2.05) is 17.5 Å². The minimum Gasteiger partial charge on any atom is -0.377 e. The number of thiophene rings is 1. The van der Waals surface area contributed by atoms with Gasteiger partial charge in [-0.05, 0) is 42.5 Å². The lowest BCUT2D eigenvalue weighted by atomic mass is 10.2. The van der Waals surface area contributed by atoms with Gasteiger partial charge < -0.3 is 4.74 Å². The highest BCUT2D eigenvalue weighted by atomic mass is 32.2. The molecule has 4 nitrogen and oxygen atoms in total. The number of hydrogen-bond acceptors (Lipinski definition) is 4. The Kier molecular flexibility index (Phi) is 5.11. The second-order valence-electron chi connectivity index (χ2n) is 5.47. The average molecular weight is 355 g/mol. The van der Waals surface area contributed by atoms with E-state index in [-0.39, 0.29) is 24.1 Å². The molecule has 0 aliphatic carbocycles. The SMILES string of the molecule is O=S(=O)(c1cccc(F)c1)N(Cc1cccs1)CC1CCCO1. The molecule has 1 atom stereocenters. The summed E-state index contributed by atoms with van der Waals surface area (Å²) in [6.45, 7) is 1.23. The van der Waals surface area contributed by atoms with Gasteiger partial charge >= 0.3 is 0 Å². The van der Waals surface area contributed by atoms with Gasteiger partial charge in [-0.25, -0.2) is 12.8 Å². The van der Waals surface area contributed by atoms with Crippen LogP contribution < -0.4 is 0 Å². The number of nitrogens with zero attached hydrogens (tertiary/aromatic N) is 1. The molecule has 23 heavy (non-hydrogen) atoms. The fraction of sp³-hybridized carbons (Fsp3) is 0.375. The minimum atomic E-state index is -3.77. The topological polar surface area (TPSA) is 46.6 Å². The van der Waals surface area contributed by atoms with E-state index in [2.05, 4.69) is 0 Å². The quantitative estimate of drug-likeness (QED) is 0.799. The van der Waals surface area contributed by atoms with Gasteiger partial charge in [0, 0.05) is 24.6 Å². The van der Waals surface area contributed by atoms with Crippen LogP contribution in [0.25, 0.3) is 0 Å². The molecule has 0 spiro atoms. The first kappa shape index (κ1) is 16.6. The van der Waals surface area contributed by atoms with Crippen LogP contribution in [-0.2, 0) is 21.3 Å². The summed E-state index contributed by atoms with van der Waals surface area (Å²) in [7, 11) is -3.77. The molecule has 0 bridgehead atoms. The highest BCUT2D eigenvalue weighted by Gasteiger charge is 2.29. The molecule has 0 radical (unpaired) electrons. The molecule has 1 unspecified atom stereocenters. The van der Waals surface area contributed by atoms with Crippen LogP contribution in [0.5, 0.6) is 0 Å². The number of halogens is 1. The van der Waals surface area contributed by atoms with Gasteiger partial charge in [0.05, 0.1) is 11.0 Å². The number of ether oxygens (including phenoxy) is 1. The number of benzene rings is 1. The molecule has 1 fully saturated rings. The van der Waals surface area contributed by atoms with Crippen molar-refractivity contribution < 1.29 is 17.5 Å².